The van der Waals surface area contributed by atoms with E-state index in [0.29, 0.717) is 18.5 Å². The highest BCUT2D eigenvalue weighted by molar-refractivity contribution is 5.92. The molecular formula is C10H14FN3O. The molecule has 0 aromatic carbocycles. The lowest BCUT2D eigenvalue weighted by molar-refractivity contribution is 0.0927. The highest BCUT2D eigenvalue weighted by Crippen LogP contribution is 2.21. The molecule has 1 saturated carbocycles. The quantitative estimate of drug-likeness (QED) is 0.794. The number of aryl methyl sites for hydroxylation is 1. The largest absolute Gasteiger partial charge is 0.348 e. The number of amides is 1. The van der Waals surface area contributed by atoms with Gasteiger partial charge in [0.2, 0.25) is 0 Å². The minimum absolute atomic E-state index is 0.0256. The SMILES string of the molecule is Cn1nccc1C(=O)N[C@@H]1CC[C@@H](F)C1. The van der Waals surface area contributed by atoms with Crippen LogP contribution in [0.5, 0.6) is 0 Å². The van der Waals surface area contributed by atoms with Gasteiger partial charge < -0.3 is 5.32 Å². The molecule has 0 aliphatic heterocycles. The Morgan fingerprint density at radius 2 is 2.47 bits per heavy atom. The topological polar surface area (TPSA) is 46.9 Å². The standard InChI is InChI=1S/C10H14FN3O/c1-14-9(4-5-12-14)10(15)13-8-3-2-7(11)6-8/h4-5,7-8H,2-3,6H2,1H3,(H,13,15)/t7-,8-/m1/s1. The van der Waals surface area contributed by atoms with Crippen LogP contribution < -0.4 is 5.32 Å². The molecule has 1 heterocycles. The van der Waals surface area contributed by atoms with Crippen LogP contribution in [0.3, 0.4) is 0 Å². The highest BCUT2D eigenvalue weighted by Gasteiger charge is 2.26. The van der Waals surface area contributed by atoms with Crippen molar-refractivity contribution < 1.29 is 9.18 Å². The summed E-state index contributed by atoms with van der Waals surface area (Å²) in [6.07, 6.45) is 2.52. The van der Waals surface area contributed by atoms with Gasteiger partial charge in [-0.2, -0.15) is 5.10 Å². The number of rotatable bonds is 2. The molecular weight excluding hydrogens is 197 g/mol. The van der Waals surface area contributed by atoms with Crippen molar-refractivity contribution >= 4 is 5.91 Å². The van der Waals surface area contributed by atoms with E-state index in [2.05, 4.69) is 10.4 Å². The maximum Gasteiger partial charge on any atom is 0.269 e. The number of nitrogens with one attached hydrogen (secondary N) is 1. The van der Waals surface area contributed by atoms with Gasteiger partial charge in [0, 0.05) is 19.3 Å². The fourth-order valence-electron chi connectivity index (χ4n) is 1.91. The minimum Gasteiger partial charge on any atom is -0.348 e. The third kappa shape index (κ3) is 2.16. The Balaban J connectivity index is 1.96. The van der Waals surface area contributed by atoms with Crippen LogP contribution in [-0.4, -0.2) is 27.9 Å². The summed E-state index contributed by atoms with van der Waals surface area (Å²) in [7, 11) is 1.71. The summed E-state index contributed by atoms with van der Waals surface area (Å²) in [5, 5.41) is 6.72. The first-order valence-corrected chi connectivity index (χ1v) is 5.10. The number of hydrogen-bond donors (Lipinski definition) is 1. The van der Waals surface area contributed by atoms with Crippen LogP contribution in [0.15, 0.2) is 12.3 Å². The monoisotopic (exact) mass is 211 g/mol. The van der Waals surface area contributed by atoms with Crippen molar-refractivity contribution in [1.82, 2.24) is 15.1 Å². The zero-order valence-electron chi connectivity index (χ0n) is 8.61. The minimum atomic E-state index is -0.762. The van der Waals surface area contributed by atoms with Crippen molar-refractivity contribution in [2.75, 3.05) is 0 Å². The molecule has 1 fully saturated rings. The average Bonchev–Trinajstić information content (AvgIpc) is 2.75. The summed E-state index contributed by atoms with van der Waals surface area (Å²) in [6, 6.07) is 1.62. The zero-order chi connectivity index (χ0) is 10.8. The van der Waals surface area contributed by atoms with Gasteiger partial charge >= 0.3 is 0 Å². The first-order chi connectivity index (χ1) is 7.16. The Morgan fingerprint density at radius 3 is 3.00 bits per heavy atom. The predicted molar refractivity (Wildman–Crippen MR) is 53.2 cm³/mol. The van der Waals surface area contributed by atoms with Crippen molar-refractivity contribution in [3.8, 4) is 0 Å². The van der Waals surface area contributed by atoms with Gasteiger partial charge in [-0.3, -0.25) is 9.48 Å². The Kier molecular flexibility index (Phi) is 2.70. The molecule has 1 aliphatic carbocycles. The first kappa shape index (κ1) is 10.1. The molecule has 5 heteroatoms. The fourth-order valence-corrected chi connectivity index (χ4v) is 1.91. The molecule has 2 atom stereocenters. The number of carbonyl (C=O) groups excluding carboxylic acids is 1. The van der Waals surface area contributed by atoms with Crippen molar-refractivity contribution in [3.63, 3.8) is 0 Å². The number of halogens is 1. The third-order valence-corrected chi connectivity index (χ3v) is 2.76. The van der Waals surface area contributed by atoms with Crippen LogP contribution in [0.25, 0.3) is 0 Å². The number of alkyl halides is 1. The third-order valence-electron chi connectivity index (χ3n) is 2.76. The van der Waals surface area contributed by atoms with Gasteiger partial charge in [0.1, 0.15) is 11.9 Å². The smallest absolute Gasteiger partial charge is 0.269 e. The van der Waals surface area contributed by atoms with Gasteiger partial charge in [0.25, 0.3) is 5.91 Å². The average molecular weight is 211 g/mol. The Bertz CT molecular complexity index is 363. The van der Waals surface area contributed by atoms with Crippen LogP contribution in [0.1, 0.15) is 29.8 Å². The molecule has 15 heavy (non-hydrogen) atoms. The van der Waals surface area contributed by atoms with E-state index >= 15 is 0 Å². The van der Waals surface area contributed by atoms with Crippen molar-refractivity contribution in [3.05, 3.63) is 18.0 Å². The van der Waals surface area contributed by atoms with Gasteiger partial charge in [-0.05, 0) is 25.3 Å². The zero-order valence-corrected chi connectivity index (χ0v) is 8.61. The molecule has 0 unspecified atom stereocenters. The number of aromatic nitrogens is 2. The molecule has 1 aromatic rings. The molecule has 2 rings (SSSR count). The van der Waals surface area contributed by atoms with E-state index in [1.807, 2.05) is 0 Å². The Morgan fingerprint density at radius 1 is 1.67 bits per heavy atom. The van der Waals surface area contributed by atoms with Gasteiger partial charge in [-0.15, -0.1) is 0 Å². The fraction of sp³-hybridized carbons (Fsp3) is 0.600. The van der Waals surface area contributed by atoms with Crippen LogP contribution in [0, 0.1) is 0 Å². The van der Waals surface area contributed by atoms with E-state index < -0.39 is 6.17 Å². The van der Waals surface area contributed by atoms with E-state index in [0.717, 1.165) is 6.42 Å². The molecule has 0 spiro atoms. The summed E-state index contributed by atoms with van der Waals surface area (Å²) in [5.74, 6) is -0.172. The number of hydrogen-bond acceptors (Lipinski definition) is 2. The predicted octanol–water partition coefficient (Wildman–Crippen LogP) is 1.04. The van der Waals surface area contributed by atoms with E-state index in [4.69, 9.17) is 0 Å². The first-order valence-electron chi connectivity index (χ1n) is 5.10. The Labute approximate surface area is 87.5 Å². The Hall–Kier alpha value is -1.39. The molecule has 1 N–H and O–H groups in total. The van der Waals surface area contributed by atoms with Gasteiger partial charge in [-0.1, -0.05) is 0 Å². The van der Waals surface area contributed by atoms with Crippen molar-refractivity contribution in [2.24, 2.45) is 7.05 Å². The maximum absolute atomic E-state index is 12.9. The molecule has 82 valence electrons. The van der Waals surface area contributed by atoms with Gasteiger partial charge in [0.05, 0.1) is 0 Å². The van der Waals surface area contributed by atoms with E-state index in [1.165, 1.54) is 4.68 Å². The lowest BCUT2D eigenvalue weighted by Crippen LogP contribution is -2.34. The number of nitrogens with zero attached hydrogens (tertiary/aromatic N) is 2. The summed E-state index contributed by atoms with van der Waals surface area (Å²) in [6.45, 7) is 0. The van der Waals surface area contributed by atoms with Crippen molar-refractivity contribution in [2.45, 2.75) is 31.5 Å². The lowest BCUT2D eigenvalue weighted by atomic mass is 10.2. The molecule has 0 radical (unpaired) electrons. The van der Waals surface area contributed by atoms with E-state index in [9.17, 15) is 9.18 Å². The summed E-state index contributed by atoms with van der Waals surface area (Å²) < 4.78 is 14.4. The van der Waals surface area contributed by atoms with E-state index in [1.54, 1.807) is 19.3 Å². The van der Waals surface area contributed by atoms with Gasteiger partial charge in [-0.25, -0.2) is 4.39 Å². The normalized spacial score (nSPS) is 25.5. The van der Waals surface area contributed by atoms with E-state index in [-0.39, 0.29) is 11.9 Å². The second-order valence-corrected chi connectivity index (χ2v) is 3.92. The molecule has 4 nitrogen and oxygen atoms in total. The summed E-state index contributed by atoms with van der Waals surface area (Å²) in [4.78, 5) is 11.7. The number of carbonyl (C=O) groups is 1. The second kappa shape index (κ2) is 4.00. The molecule has 0 saturated heterocycles. The maximum atomic E-state index is 12.9. The lowest BCUT2D eigenvalue weighted by Gasteiger charge is -2.11. The second-order valence-electron chi connectivity index (χ2n) is 3.92. The molecule has 0 bridgehead atoms. The molecule has 1 aliphatic rings. The van der Waals surface area contributed by atoms with Crippen LogP contribution in [-0.2, 0) is 7.05 Å². The molecule has 1 amide bonds. The van der Waals surface area contributed by atoms with Crippen LogP contribution in [0.4, 0.5) is 4.39 Å². The van der Waals surface area contributed by atoms with Crippen molar-refractivity contribution in [1.29, 1.82) is 0 Å². The highest BCUT2D eigenvalue weighted by atomic mass is 19.1. The summed E-state index contributed by atoms with van der Waals surface area (Å²) in [5.41, 5.74) is 0.511. The van der Waals surface area contributed by atoms with Crippen LogP contribution >= 0.6 is 0 Å². The van der Waals surface area contributed by atoms with Gasteiger partial charge in [0.15, 0.2) is 0 Å². The van der Waals surface area contributed by atoms with Crippen LogP contribution in [0.2, 0.25) is 0 Å². The summed E-state index contributed by atoms with van der Waals surface area (Å²) >= 11 is 0. The molecule has 1 aromatic heterocycles.